The van der Waals surface area contributed by atoms with Gasteiger partial charge in [0.15, 0.2) is 0 Å². The number of anilines is 1. The summed E-state index contributed by atoms with van der Waals surface area (Å²) in [5, 5.41) is 5.16. The Morgan fingerprint density at radius 2 is 1.71 bits per heavy atom. The molecular formula is C27H35Cl2N3O2. The fourth-order valence-corrected chi connectivity index (χ4v) is 5.81. The van der Waals surface area contributed by atoms with E-state index in [9.17, 15) is 0 Å². The van der Waals surface area contributed by atoms with Crippen LogP contribution >= 0.6 is 23.2 Å². The molecular weight excluding hydrogens is 469 g/mol. The largest absolute Gasteiger partial charge is 0.377 e. The number of hydrogen-bond donors (Lipinski definition) is 1. The van der Waals surface area contributed by atoms with Crippen LogP contribution in [0.2, 0.25) is 10.0 Å². The summed E-state index contributed by atoms with van der Waals surface area (Å²) in [6.45, 7) is 9.07. The van der Waals surface area contributed by atoms with E-state index in [1.54, 1.807) is 0 Å². The molecule has 2 saturated heterocycles. The molecule has 2 fully saturated rings. The number of piperidine rings is 2. The van der Waals surface area contributed by atoms with E-state index in [1.807, 2.05) is 12.1 Å². The van der Waals surface area contributed by atoms with Crippen LogP contribution in [0.1, 0.15) is 61.3 Å². The first-order valence-corrected chi connectivity index (χ1v) is 12.8. The molecule has 2 aliphatic heterocycles. The van der Waals surface area contributed by atoms with Gasteiger partial charge in [-0.25, -0.2) is 0 Å². The van der Waals surface area contributed by atoms with Gasteiger partial charge in [-0.2, -0.15) is 9.59 Å². The van der Waals surface area contributed by atoms with E-state index in [1.165, 1.54) is 63.0 Å². The zero-order valence-electron chi connectivity index (χ0n) is 20.3. The zero-order chi connectivity index (χ0) is 24.7. The Morgan fingerprint density at radius 1 is 1.00 bits per heavy atom. The third-order valence-electron chi connectivity index (χ3n) is 7.10. The summed E-state index contributed by atoms with van der Waals surface area (Å²) in [5.41, 5.74) is 4.67. The van der Waals surface area contributed by atoms with Crippen LogP contribution in [0.15, 0.2) is 36.4 Å². The number of aryl methyl sites for hydroxylation is 1. The summed E-state index contributed by atoms with van der Waals surface area (Å²) < 4.78 is 0. The van der Waals surface area contributed by atoms with Gasteiger partial charge in [0.25, 0.3) is 0 Å². The number of hydrogen-bond acceptors (Lipinski definition) is 5. The molecule has 0 bridgehead atoms. The molecule has 2 aromatic rings. The normalized spacial score (nSPS) is 20.7. The third kappa shape index (κ3) is 7.07. The summed E-state index contributed by atoms with van der Waals surface area (Å²) >= 11 is 13.1. The van der Waals surface area contributed by atoms with Crippen molar-refractivity contribution in [1.82, 2.24) is 9.80 Å². The second kappa shape index (κ2) is 12.7. The lowest BCUT2D eigenvalue weighted by Crippen LogP contribution is -2.49. The fraction of sp³-hybridized carbons (Fsp3) is 0.519. The Labute approximate surface area is 213 Å². The molecule has 0 aromatic heterocycles. The Morgan fingerprint density at radius 3 is 2.35 bits per heavy atom. The van der Waals surface area contributed by atoms with Crippen LogP contribution in [0.5, 0.6) is 0 Å². The van der Waals surface area contributed by atoms with E-state index in [-0.39, 0.29) is 12.2 Å². The summed E-state index contributed by atoms with van der Waals surface area (Å²) in [4.78, 5) is 21.5. The van der Waals surface area contributed by atoms with Gasteiger partial charge in [-0.1, -0.05) is 41.4 Å². The van der Waals surface area contributed by atoms with Gasteiger partial charge in [0.2, 0.25) is 0 Å². The number of nitrogens with zero attached hydrogens (tertiary/aromatic N) is 2. The Kier molecular flexibility index (Phi) is 9.99. The number of carbonyl (C=O) groups excluding carboxylic acids is 2. The highest BCUT2D eigenvalue weighted by molar-refractivity contribution is 6.33. The maximum atomic E-state index is 8.12. The first-order valence-electron chi connectivity index (χ1n) is 12.1. The van der Waals surface area contributed by atoms with Crippen LogP contribution in [0.25, 0.3) is 0 Å². The highest BCUT2D eigenvalue weighted by Gasteiger charge is 2.28. The van der Waals surface area contributed by atoms with Gasteiger partial charge in [0.05, 0.1) is 16.8 Å². The van der Waals surface area contributed by atoms with Crippen LogP contribution in [0.4, 0.5) is 5.69 Å². The molecule has 0 amide bonds. The van der Waals surface area contributed by atoms with Crippen molar-refractivity contribution in [2.75, 3.05) is 38.5 Å². The quantitative estimate of drug-likeness (QED) is 0.528. The maximum Gasteiger partial charge on any atom is 0.373 e. The summed E-state index contributed by atoms with van der Waals surface area (Å²) in [5.74, 6) is 0.605. The van der Waals surface area contributed by atoms with Gasteiger partial charge in [0, 0.05) is 17.6 Å². The SMILES string of the molecule is Cc1ccc(C(C)Nc2cc(C3CCN([C@H]4CCCN(C)C4)CC3)ccc2Cl)c(Cl)c1.O=C=O. The lowest BCUT2D eigenvalue weighted by atomic mass is 9.88. The second-order valence-corrected chi connectivity index (χ2v) is 10.4. The van der Waals surface area contributed by atoms with Crippen LogP contribution in [-0.2, 0) is 9.59 Å². The molecule has 0 radical (unpaired) electrons. The Hall–Kier alpha value is -1.88. The number of nitrogens with one attached hydrogen (secondary N) is 1. The molecule has 1 unspecified atom stereocenters. The summed E-state index contributed by atoms with van der Waals surface area (Å²) in [6.07, 6.45) is 5.38. The highest BCUT2D eigenvalue weighted by atomic mass is 35.5. The van der Waals surface area contributed by atoms with Crippen molar-refractivity contribution in [2.24, 2.45) is 0 Å². The van der Waals surface area contributed by atoms with Crippen molar-refractivity contribution in [3.8, 4) is 0 Å². The van der Waals surface area contributed by atoms with Crippen LogP contribution in [0.3, 0.4) is 0 Å². The van der Waals surface area contributed by atoms with E-state index >= 15 is 0 Å². The number of rotatable bonds is 5. The first kappa shape index (κ1) is 26.7. The molecule has 184 valence electrons. The van der Waals surface area contributed by atoms with Crippen LogP contribution in [0, 0.1) is 6.92 Å². The smallest absolute Gasteiger partial charge is 0.373 e. The average molecular weight is 505 g/mol. The Bertz CT molecular complexity index is 986. The van der Waals surface area contributed by atoms with Crippen molar-refractivity contribution >= 4 is 35.0 Å². The molecule has 0 spiro atoms. The number of benzene rings is 2. The van der Waals surface area contributed by atoms with Crippen molar-refractivity contribution in [1.29, 1.82) is 0 Å². The van der Waals surface area contributed by atoms with E-state index in [4.69, 9.17) is 32.8 Å². The van der Waals surface area contributed by atoms with Crippen LogP contribution < -0.4 is 5.32 Å². The lowest BCUT2D eigenvalue weighted by Gasteiger charge is -2.41. The van der Waals surface area contributed by atoms with Gasteiger partial charge in [-0.05, 0) is 107 Å². The van der Waals surface area contributed by atoms with E-state index in [0.717, 1.165) is 27.3 Å². The standard InChI is InChI=1S/C26H35Cl2N3.CO2/c1-18-6-8-23(25(28)15-18)19(2)29-26-16-21(7-9-24(26)27)20-10-13-31(14-11-20)22-5-4-12-30(3)17-22;2-1-3/h6-9,15-16,19-20,22,29H,4-5,10-14,17H2,1-3H3;/t19?,22-;/m0./s1. The van der Waals surface area contributed by atoms with E-state index in [2.05, 4.69) is 60.3 Å². The first-order chi connectivity index (χ1) is 16.3. The minimum Gasteiger partial charge on any atom is -0.377 e. The fourth-order valence-electron chi connectivity index (χ4n) is 5.24. The summed E-state index contributed by atoms with van der Waals surface area (Å²) in [7, 11) is 2.26. The van der Waals surface area contributed by atoms with Crippen molar-refractivity contribution in [3.05, 3.63) is 63.1 Å². The molecule has 2 heterocycles. The maximum absolute atomic E-state index is 8.12. The van der Waals surface area contributed by atoms with Crippen LogP contribution in [-0.4, -0.2) is 55.2 Å². The monoisotopic (exact) mass is 503 g/mol. The Balaban J connectivity index is 0.00000103. The molecule has 2 atom stereocenters. The zero-order valence-corrected chi connectivity index (χ0v) is 21.8. The molecule has 2 aliphatic rings. The number of halogens is 2. The van der Waals surface area contributed by atoms with Crippen molar-refractivity contribution in [2.45, 2.75) is 57.5 Å². The molecule has 7 heteroatoms. The van der Waals surface area contributed by atoms with Crippen molar-refractivity contribution in [3.63, 3.8) is 0 Å². The van der Waals surface area contributed by atoms with E-state index in [0.29, 0.717) is 5.92 Å². The predicted octanol–water partition coefficient (Wildman–Crippen LogP) is 6.17. The topological polar surface area (TPSA) is 52.6 Å². The molecule has 1 N–H and O–H groups in total. The molecule has 34 heavy (non-hydrogen) atoms. The third-order valence-corrected chi connectivity index (χ3v) is 7.76. The van der Waals surface area contributed by atoms with E-state index < -0.39 is 0 Å². The summed E-state index contributed by atoms with van der Waals surface area (Å²) in [6, 6.07) is 13.6. The molecule has 0 aliphatic carbocycles. The average Bonchev–Trinajstić information content (AvgIpc) is 2.81. The molecule has 0 saturated carbocycles. The van der Waals surface area contributed by atoms with Gasteiger partial charge in [0.1, 0.15) is 0 Å². The van der Waals surface area contributed by atoms with Gasteiger partial charge < -0.3 is 10.2 Å². The minimum absolute atomic E-state index is 0.0889. The van der Waals surface area contributed by atoms with Gasteiger partial charge in [-0.3, -0.25) is 4.90 Å². The minimum atomic E-state index is 0.0889. The second-order valence-electron chi connectivity index (χ2n) is 9.58. The van der Waals surface area contributed by atoms with Gasteiger partial charge in [-0.15, -0.1) is 0 Å². The lowest BCUT2D eigenvalue weighted by molar-refractivity contribution is -0.191. The number of likely N-dealkylation sites (tertiary alicyclic amines) is 2. The molecule has 5 nitrogen and oxygen atoms in total. The molecule has 4 rings (SSSR count). The highest BCUT2D eigenvalue weighted by Crippen LogP contribution is 2.35. The predicted molar refractivity (Wildman–Crippen MR) is 139 cm³/mol. The van der Waals surface area contributed by atoms with Gasteiger partial charge >= 0.3 is 6.15 Å². The number of likely N-dealkylation sites (N-methyl/N-ethyl adjacent to an activating group) is 1. The molecule has 2 aromatic carbocycles. The van der Waals surface area contributed by atoms with Crippen molar-refractivity contribution < 1.29 is 9.59 Å².